The van der Waals surface area contributed by atoms with E-state index in [0.29, 0.717) is 17.9 Å². The van der Waals surface area contributed by atoms with Gasteiger partial charge in [0.2, 0.25) is 15.9 Å². The number of methoxy groups -OCH3 is 2. The predicted molar refractivity (Wildman–Crippen MR) is 125 cm³/mol. The lowest BCUT2D eigenvalue weighted by Gasteiger charge is -2.41. The lowest BCUT2D eigenvalue weighted by Crippen LogP contribution is -2.46. The molecule has 8 nitrogen and oxygen atoms in total. The van der Waals surface area contributed by atoms with E-state index in [0.717, 1.165) is 28.5 Å². The smallest absolute Gasteiger partial charge is 0.243 e. The minimum atomic E-state index is -3.91. The number of hydrogen-bond donors (Lipinski definition) is 1. The molecule has 1 aliphatic rings. The van der Waals surface area contributed by atoms with Gasteiger partial charge in [-0.25, -0.2) is 8.42 Å². The Morgan fingerprint density at radius 2 is 1.79 bits per heavy atom. The van der Waals surface area contributed by atoms with E-state index >= 15 is 0 Å². The summed E-state index contributed by atoms with van der Waals surface area (Å²) in [6.07, 6.45) is 2.23. The largest absolute Gasteiger partial charge is 0.493 e. The Kier molecular flexibility index (Phi) is 7.54. The molecule has 0 radical (unpaired) electrons. The van der Waals surface area contributed by atoms with Gasteiger partial charge in [-0.3, -0.25) is 4.79 Å². The van der Waals surface area contributed by atoms with Crippen molar-refractivity contribution in [2.24, 2.45) is 0 Å². The van der Waals surface area contributed by atoms with Crippen LogP contribution in [0.2, 0.25) is 0 Å². The topological polar surface area (TPSA) is 94.2 Å². The lowest BCUT2D eigenvalue weighted by atomic mass is 9.83. The standard InChI is InChI=1S/C24H32N2O6S/c1-6-24(7-2)15-19(18-10-8-9-11-20(18)32-24)25-23(27)16-26(3)33(28,29)17-12-13-21(30-4)22(14-17)31-5/h8-14,19H,6-7,15-16H2,1-5H3,(H,25,27)/t19-/m1/s1. The van der Waals surface area contributed by atoms with Crippen LogP contribution in [0.15, 0.2) is 47.4 Å². The number of fused-ring (bicyclic) bond motifs is 1. The molecule has 0 saturated carbocycles. The van der Waals surface area contributed by atoms with Crippen molar-refractivity contribution in [3.63, 3.8) is 0 Å². The molecule has 1 amide bonds. The van der Waals surface area contributed by atoms with Crippen LogP contribution in [0, 0.1) is 0 Å². The number of nitrogens with one attached hydrogen (secondary N) is 1. The second-order valence-electron chi connectivity index (χ2n) is 8.13. The molecule has 2 aromatic rings. The first-order valence-corrected chi connectivity index (χ1v) is 12.4. The van der Waals surface area contributed by atoms with Crippen molar-refractivity contribution in [3.8, 4) is 17.2 Å². The molecule has 0 bridgehead atoms. The molecule has 0 fully saturated rings. The quantitative estimate of drug-likeness (QED) is 0.595. The molecular weight excluding hydrogens is 444 g/mol. The average molecular weight is 477 g/mol. The SMILES string of the molecule is CCC1(CC)C[C@@H](NC(=O)CN(C)S(=O)(=O)c2ccc(OC)c(OC)c2)c2ccccc2O1. The Balaban J connectivity index is 1.77. The number of nitrogens with zero attached hydrogens (tertiary/aromatic N) is 1. The highest BCUT2D eigenvalue weighted by Crippen LogP contribution is 2.42. The van der Waals surface area contributed by atoms with Crippen LogP contribution >= 0.6 is 0 Å². The molecule has 1 heterocycles. The number of rotatable bonds is 9. The van der Waals surface area contributed by atoms with Crippen molar-refractivity contribution in [2.45, 2.75) is 49.6 Å². The fraction of sp³-hybridized carbons (Fsp3) is 0.458. The fourth-order valence-corrected chi connectivity index (χ4v) is 5.26. The summed E-state index contributed by atoms with van der Waals surface area (Å²) in [5, 5.41) is 3.02. The highest BCUT2D eigenvalue weighted by atomic mass is 32.2. The van der Waals surface area contributed by atoms with E-state index in [9.17, 15) is 13.2 Å². The number of benzene rings is 2. The Hall–Kier alpha value is -2.78. The van der Waals surface area contributed by atoms with Crippen molar-refractivity contribution < 1.29 is 27.4 Å². The van der Waals surface area contributed by atoms with Gasteiger partial charge in [0.15, 0.2) is 11.5 Å². The van der Waals surface area contributed by atoms with E-state index < -0.39 is 10.0 Å². The first kappa shape index (κ1) is 24.9. The van der Waals surface area contributed by atoms with Crippen molar-refractivity contribution in [2.75, 3.05) is 27.8 Å². The molecule has 3 rings (SSSR count). The third kappa shape index (κ3) is 5.09. The molecule has 0 unspecified atom stereocenters. The number of amides is 1. The Morgan fingerprint density at radius 1 is 1.12 bits per heavy atom. The minimum Gasteiger partial charge on any atom is -0.493 e. The van der Waals surface area contributed by atoms with Crippen LogP contribution in [0.5, 0.6) is 17.2 Å². The van der Waals surface area contributed by atoms with Gasteiger partial charge in [-0.1, -0.05) is 32.0 Å². The monoisotopic (exact) mass is 476 g/mol. The van der Waals surface area contributed by atoms with Gasteiger partial charge in [-0.15, -0.1) is 0 Å². The first-order valence-electron chi connectivity index (χ1n) is 11.0. The third-order valence-electron chi connectivity index (χ3n) is 6.25. The molecule has 0 spiro atoms. The maximum atomic E-state index is 13.1. The number of ether oxygens (including phenoxy) is 3. The summed E-state index contributed by atoms with van der Waals surface area (Å²) >= 11 is 0. The fourth-order valence-electron chi connectivity index (χ4n) is 4.11. The second kappa shape index (κ2) is 10.0. The van der Waals surface area contributed by atoms with Crippen LogP contribution in [0.1, 0.15) is 44.7 Å². The third-order valence-corrected chi connectivity index (χ3v) is 8.05. The Morgan fingerprint density at radius 3 is 2.42 bits per heavy atom. The van der Waals surface area contributed by atoms with Crippen molar-refractivity contribution >= 4 is 15.9 Å². The van der Waals surface area contributed by atoms with Crippen LogP contribution in [0.3, 0.4) is 0 Å². The van der Waals surface area contributed by atoms with Crippen LogP contribution < -0.4 is 19.5 Å². The number of carbonyl (C=O) groups excluding carboxylic acids is 1. The molecule has 0 aromatic heterocycles. The number of sulfonamides is 1. The number of para-hydroxylation sites is 1. The molecule has 9 heteroatoms. The van der Waals surface area contributed by atoms with Gasteiger partial charge in [-0.05, 0) is 31.0 Å². The summed E-state index contributed by atoms with van der Waals surface area (Å²) in [4.78, 5) is 12.9. The van der Waals surface area contributed by atoms with Crippen LogP contribution in [0.25, 0.3) is 0 Å². The molecule has 1 aliphatic heterocycles. The van der Waals surface area contributed by atoms with Gasteiger partial charge in [-0.2, -0.15) is 4.31 Å². The van der Waals surface area contributed by atoms with E-state index in [1.165, 1.54) is 39.5 Å². The number of likely N-dealkylation sites (N-methyl/N-ethyl adjacent to an activating group) is 1. The number of carbonyl (C=O) groups is 1. The summed E-state index contributed by atoms with van der Waals surface area (Å²) in [6, 6.07) is 11.7. The van der Waals surface area contributed by atoms with Gasteiger partial charge in [0.05, 0.1) is 31.7 Å². The molecule has 180 valence electrons. The molecule has 0 aliphatic carbocycles. The van der Waals surface area contributed by atoms with E-state index in [1.807, 2.05) is 24.3 Å². The summed E-state index contributed by atoms with van der Waals surface area (Å²) < 4.78 is 43.8. The molecule has 2 aromatic carbocycles. The van der Waals surface area contributed by atoms with Crippen molar-refractivity contribution in [1.29, 1.82) is 0 Å². The van der Waals surface area contributed by atoms with Crippen molar-refractivity contribution in [3.05, 3.63) is 48.0 Å². The molecular formula is C24H32N2O6S. The highest BCUT2D eigenvalue weighted by molar-refractivity contribution is 7.89. The molecule has 1 atom stereocenters. The van der Waals surface area contributed by atoms with E-state index in [2.05, 4.69) is 19.2 Å². The van der Waals surface area contributed by atoms with Gasteiger partial charge < -0.3 is 19.5 Å². The van der Waals surface area contributed by atoms with Crippen molar-refractivity contribution in [1.82, 2.24) is 9.62 Å². The Labute approximate surface area is 195 Å². The summed E-state index contributed by atoms with van der Waals surface area (Å²) in [5.41, 5.74) is 0.526. The van der Waals surface area contributed by atoms with Gasteiger partial charge >= 0.3 is 0 Å². The van der Waals surface area contributed by atoms with Gasteiger partial charge in [0, 0.05) is 25.1 Å². The van der Waals surface area contributed by atoms with E-state index in [4.69, 9.17) is 14.2 Å². The van der Waals surface area contributed by atoms with Gasteiger partial charge in [0.1, 0.15) is 11.4 Å². The van der Waals surface area contributed by atoms with Crippen LogP contribution in [0.4, 0.5) is 0 Å². The van der Waals surface area contributed by atoms with E-state index in [1.54, 1.807) is 0 Å². The van der Waals surface area contributed by atoms with E-state index in [-0.39, 0.29) is 29.0 Å². The van der Waals surface area contributed by atoms with Crippen LogP contribution in [-0.4, -0.2) is 52.0 Å². The molecule has 1 N–H and O–H groups in total. The minimum absolute atomic E-state index is 0.0165. The molecule has 33 heavy (non-hydrogen) atoms. The number of hydrogen-bond acceptors (Lipinski definition) is 6. The lowest BCUT2D eigenvalue weighted by molar-refractivity contribution is -0.122. The first-order chi connectivity index (χ1) is 15.7. The normalized spacial score (nSPS) is 17.1. The second-order valence-corrected chi connectivity index (χ2v) is 10.2. The van der Waals surface area contributed by atoms with Gasteiger partial charge in [0.25, 0.3) is 0 Å². The zero-order chi connectivity index (χ0) is 24.2. The van der Waals surface area contributed by atoms with Crippen LogP contribution in [-0.2, 0) is 14.8 Å². The summed E-state index contributed by atoms with van der Waals surface area (Å²) in [5.74, 6) is 1.09. The molecule has 0 saturated heterocycles. The average Bonchev–Trinajstić information content (AvgIpc) is 2.83. The zero-order valence-corrected chi connectivity index (χ0v) is 20.6. The Bertz CT molecular complexity index is 1100. The zero-order valence-electron chi connectivity index (χ0n) is 19.8. The predicted octanol–water partition coefficient (Wildman–Crippen LogP) is 3.52. The maximum absolute atomic E-state index is 13.1. The highest BCUT2D eigenvalue weighted by Gasteiger charge is 2.39. The summed E-state index contributed by atoms with van der Waals surface area (Å²) in [7, 11) is 0.377. The maximum Gasteiger partial charge on any atom is 0.243 e. The summed E-state index contributed by atoms with van der Waals surface area (Å²) in [6.45, 7) is 3.82.